The molecule has 0 spiro atoms. The summed E-state index contributed by atoms with van der Waals surface area (Å²) in [5, 5.41) is 30.0. The molecule has 5 nitrogen and oxygen atoms in total. The highest BCUT2D eigenvalue weighted by Crippen LogP contribution is 2.43. The summed E-state index contributed by atoms with van der Waals surface area (Å²) in [6.45, 7) is 7.83. The van der Waals surface area contributed by atoms with Crippen molar-refractivity contribution >= 4 is 5.78 Å². The van der Waals surface area contributed by atoms with Crippen LogP contribution in [-0.4, -0.2) is 26.7 Å². The molecule has 3 rings (SSSR count). The molecule has 0 amide bonds. The largest absolute Gasteiger partial charge is 0.508 e. The molecule has 1 aliphatic heterocycles. The topological polar surface area (TPSA) is 87.0 Å². The quantitative estimate of drug-likeness (QED) is 0.760. The van der Waals surface area contributed by atoms with E-state index in [9.17, 15) is 20.1 Å². The number of rotatable bonds is 4. The van der Waals surface area contributed by atoms with E-state index in [1.807, 2.05) is 27.7 Å². The number of carbonyl (C=O) groups is 1. The number of phenolic OH excluding ortho intramolecular Hbond substituents is 3. The molecule has 0 fully saturated rings. The molecule has 0 atom stereocenters. The summed E-state index contributed by atoms with van der Waals surface area (Å²) in [5.74, 6) is 0.639. The van der Waals surface area contributed by atoms with Gasteiger partial charge >= 0.3 is 0 Å². The van der Waals surface area contributed by atoms with Gasteiger partial charge < -0.3 is 20.1 Å². The summed E-state index contributed by atoms with van der Waals surface area (Å²) in [6.07, 6.45) is 1.64. The second-order valence-corrected chi connectivity index (χ2v) is 7.95. The Kier molecular flexibility index (Phi) is 4.81. The van der Waals surface area contributed by atoms with Crippen LogP contribution < -0.4 is 4.74 Å². The number of Topliss-reactive ketones (excluding diaryl/α,β-unsaturated/α-hetero) is 1. The zero-order valence-corrected chi connectivity index (χ0v) is 16.2. The van der Waals surface area contributed by atoms with Crippen molar-refractivity contribution in [3.63, 3.8) is 0 Å². The van der Waals surface area contributed by atoms with Gasteiger partial charge in [-0.1, -0.05) is 6.07 Å². The van der Waals surface area contributed by atoms with E-state index < -0.39 is 0 Å². The van der Waals surface area contributed by atoms with Crippen LogP contribution >= 0.6 is 0 Å². The maximum atomic E-state index is 12.7. The highest BCUT2D eigenvalue weighted by Gasteiger charge is 2.32. The van der Waals surface area contributed by atoms with Gasteiger partial charge in [0.15, 0.2) is 0 Å². The lowest BCUT2D eigenvalue weighted by Gasteiger charge is -2.35. The van der Waals surface area contributed by atoms with Gasteiger partial charge in [-0.25, -0.2) is 0 Å². The Bertz CT molecular complexity index is 912. The predicted molar refractivity (Wildman–Crippen MR) is 103 cm³/mol. The minimum absolute atomic E-state index is 0.0274. The van der Waals surface area contributed by atoms with Gasteiger partial charge in [0.1, 0.15) is 34.4 Å². The van der Waals surface area contributed by atoms with Crippen LogP contribution in [0, 0.1) is 13.8 Å². The van der Waals surface area contributed by atoms with Crippen molar-refractivity contribution in [3.05, 3.63) is 46.0 Å². The minimum atomic E-state index is -0.277. The predicted octanol–water partition coefficient (Wildman–Crippen LogP) is 3.88. The van der Waals surface area contributed by atoms with Crippen LogP contribution in [0.25, 0.3) is 0 Å². The van der Waals surface area contributed by atoms with E-state index in [4.69, 9.17) is 4.74 Å². The van der Waals surface area contributed by atoms with Gasteiger partial charge in [0.25, 0.3) is 0 Å². The standard InChI is InChI=1S/C22H26O5/c1-12-13(2)21-17(7-8-22(3,4)27-21)18(20(12)26)10-16(24)9-14-5-6-15(23)11-19(14)25/h5-6,11,23,25-26H,7-10H2,1-4H3. The lowest BCUT2D eigenvalue weighted by Crippen LogP contribution is -2.33. The first-order chi connectivity index (χ1) is 12.6. The highest BCUT2D eigenvalue weighted by molar-refractivity contribution is 5.85. The van der Waals surface area contributed by atoms with Gasteiger partial charge in [0, 0.05) is 35.6 Å². The average molecular weight is 370 g/mol. The summed E-state index contributed by atoms with van der Waals surface area (Å²) < 4.78 is 6.17. The molecule has 0 radical (unpaired) electrons. The van der Waals surface area contributed by atoms with Crippen LogP contribution in [0.15, 0.2) is 18.2 Å². The lowest BCUT2D eigenvalue weighted by atomic mass is 9.85. The van der Waals surface area contributed by atoms with Crippen molar-refractivity contribution in [2.75, 3.05) is 0 Å². The fourth-order valence-corrected chi connectivity index (χ4v) is 3.60. The second-order valence-electron chi connectivity index (χ2n) is 7.95. The first-order valence-corrected chi connectivity index (χ1v) is 9.14. The van der Waals surface area contributed by atoms with Crippen LogP contribution in [0.2, 0.25) is 0 Å². The molecule has 5 heteroatoms. The summed E-state index contributed by atoms with van der Waals surface area (Å²) in [6, 6.07) is 4.19. The van der Waals surface area contributed by atoms with Gasteiger partial charge in [-0.05, 0) is 57.7 Å². The summed E-state index contributed by atoms with van der Waals surface area (Å²) in [4.78, 5) is 12.7. The Balaban J connectivity index is 1.93. The summed E-state index contributed by atoms with van der Waals surface area (Å²) in [5.41, 5.74) is 3.32. The Hall–Kier alpha value is -2.69. The molecule has 144 valence electrons. The Labute approximate surface area is 159 Å². The molecule has 2 aromatic carbocycles. The number of fused-ring (bicyclic) bond motifs is 1. The van der Waals surface area contributed by atoms with Crippen molar-refractivity contribution in [3.8, 4) is 23.0 Å². The van der Waals surface area contributed by atoms with Gasteiger partial charge in [-0.15, -0.1) is 0 Å². The Morgan fingerprint density at radius 1 is 1.11 bits per heavy atom. The number of carbonyl (C=O) groups excluding carboxylic acids is 1. The van der Waals surface area contributed by atoms with Crippen molar-refractivity contribution in [2.45, 2.75) is 59.0 Å². The van der Waals surface area contributed by atoms with Gasteiger partial charge in [-0.3, -0.25) is 4.79 Å². The molecule has 0 aliphatic carbocycles. The number of phenols is 3. The molecule has 0 unspecified atom stereocenters. The second kappa shape index (κ2) is 6.80. The van der Waals surface area contributed by atoms with Crippen molar-refractivity contribution < 1.29 is 24.9 Å². The molecule has 27 heavy (non-hydrogen) atoms. The van der Waals surface area contributed by atoms with E-state index in [0.717, 1.165) is 35.3 Å². The van der Waals surface area contributed by atoms with Crippen molar-refractivity contribution in [1.29, 1.82) is 0 Å². The van der Waals surface area contributed by atoms with Crippen molar-refractivity contribution in [2.24, 2.45) is 0 Å². The molecule has 1 heterocycles. The van der Waals surface area contributed by atoms with Gasteiger partial charge in [0.2, 0.25) is 0 Å². The number of hydrogen-bond donors (Lipinski definition) is 3. The third-order valence-electron chi connectivity index (χ3n) is 5.37. The monoisotopic (exact) mass is 370 g/mol. The molecule has 0 bridgehead atoms. The van der Waals surface area contributed by atoms with Gasteiger partial charge in [-0.2, -0.15) is 0 Å². The highest BCUT2D eigenvalue weighted by atomic mass is 16.5. The first kappa shape index (κ1) is 19.1. The third kappa shape index (κ3) is 3.72. The molecule has 2 aromatic rings. The zero-order valence-electron chi connectivity index (χ0n) is 16.2. The molecule has 1 aliphatic rings. The molecule has 0 saturated heterocycles. The summed E-state index contributed by atoms with van der Waals surface area (Å²) in [7, 11) is 0. The van der Waals surface area contributed by atoms with E-state index in [1.54, 1.807) is 0 Å². The lowest BCUT2D eigenvalue weighted by molar-refractivity contribution is -0.117. The number of hydrogen-bond acceptors (Lipinski definition) is 5. The Morgan fingerprint density at radius 2 is 1.81 bits per heavy atom. The van der Waals surface area contributed by atoms with Crippen LogP contribution in [-0.2, 0) is 24.1 Å². The van der Waals surface area contributed by atoms with Crippen LogP contribution in [0.4, 0.5) is 0 Å². The molecular weight excluding hydrogens is 344 g/mol. The average Bonchev–Trinajstić information content (AvgIpc) is 2.59. The fourth-order valence-electron chi connectivity index (χ4n) is 3.60. The molecule has 0 aromatic heterocycles. The normalized spacial score (nSPS) is 15.1. The number of ether oxygens (including phenoxy) is 1. The van der Waals surface area contributed by atoms with Crippen LogP contribution in [0.1, 0.15) is 48.1 Å². The fraction of sp³-hybridized carbons (Fsp3) is 0.409. The third-order valence-corrected chi connectivity index (χ3v) is 5.37. The Morgan fingerprint density at radius 3 is 2.48 bits per heavy atom. The number of benzene rings is 2. The van der Waals surface area contributed by atoms with Gasteiger partial charge in [0.05, 0.1) is 0 Å². The number of ketones is 1. The maximum Gasteiger partial charge on any atom is 0.141 e. The first-order valence-electron chi connectivity index (χ1n) is 9.14. The smallest absolute Gasteiger partial charge is 0.141 e. The maximum absolute atomic E-state index is 12.7. The van der Waals surface area contributed by atoms with E-state index in [1.165, 1.54) is 18.2 Å². The SMILES string of the molecule is Cc1c(C)c2c(c(CC(=O)Cc3ccc(O)cc3O)c1O)CCC(C)(C)O2. The number of aromatic hydroxyl groups is 3. The molecular formula is C22H26O5. The van der Waals surface area contributed by atoms with Crippen molar-refractivity contribution in [1.82, 2.24) is 0 Å². The van der Waals surface area contributed by atoms with E-state index in [2.05, 4.69) is 0 Å². The van der Waals surface area contributed by atoms with E-state index in [0.29, 0.717) is 11.1 Å². The van der Waals surface area contributed by atoms with Crippen LogP contribution in [0.3, 0.4) is 0 Å². The zero-order chi connectivity index (χ0) is 19.9. The van der Waals surface area contributed by atoms with Crippen LogP contribution in [0.5, 0.6) is 23.0 Å². The molecule has 3 N–H and O–H groups in total. The molecule has 0 saturated carbocycles. The minimum Gasteiger partial charge on any atom is -0.508 e. The van der Waals surface area contributed by atoms with E-state index in [-0.39, 0.29) is 41.5 Å². The summed E-state index contributed by atoms with van der Waals surface area (Å²) >= 11 is 0. The van der Waals surface area contributed by atoms with E-state index >= 15 is 0 Å².